The van der Waals surface area contributed by atoms with E-state index >= 15 is 0 Å². The van der Waals surface area contributed by atoms with Gasteiger partial charge in [0, 0.05) is 11.6 Å². The summed E-state index contributed by atoms with van der Waals surface area (Å²) in [5.74, 6) is -0.311. The van der Waals surface area contributed by atoms with Gasteiger partial charge in [0.05, 0.1) is 31.7 Å². The predicted octanol–water partition coefficient (Wildman–Crippen LogP) is 2.66. The van der Waals surface area contributed by atoms with Crippen molar-refractivity contribution in [1.29, 1.82) is 0 Å². The van der Waals surface area contributed by atoms with Gasteiger partial charge in [-0.25, -0.2) is 0 Å². The predicted molar refractivity (Wildman–Crippen MR) is 69.8 cm³/mol. The van der Waals surface area contributed by atoms with Crippen LogP contribution in [-0.2, 0) is 4.79 Å². The highest BCUT2D eigenvalue weighted by Gasteiger charge is 2.26. The van der Waals surface area contributed by atoms with Gasteiger partial charge in [-0.05, 0) is 22.9 Å². The zero-order valence-electron chi connectivity index (χ0n) is 10.6. The molecule has 0 saturated carbocycles. The van der Waals surface area contributed by atoms with Crippen molar-refractivity contribution >= 4 is 21.9 Å². The third-order valence-corrected chi connectivity index (χ3v) is 3.42. The van der Waals surface area contributed by atoms with E-state index in [4.69, 9.17) is 19.3 Å². The third kappa shape index (κ3) is 2.53. The van der Waals surface area contributed by atoms with E-state index in [1.165, 1.54) is 21.3 Å². The molecule has 6 heteroatoms. The maximum absolute atomic E-state index is 11.1. The van der Waals surface area contributed by atoms with Gasteiger partial charge in [0.2, 0.25) is 0 Å². The van der Waals surface area contributed by atoms with Crippen molar-refractivity contribution in [3.05, 3.63) is 16.1 Å². The molecule has 5 nitrogen and oxygen atoms in total. The van der Waals surface area contributed by atoms with Gasteiger partial charge >= 0.3 is 5.97 Å². The summed E-state index contributed by atoms with van der Waals surface area (Å²) in [6, 6.07) is 1.61. The first-order valence-electron chi connectivity index (χ1n) is 5.19. The fourth-order valence-electron chi connectivity index (χ4n) is 1.64. The van der Waals surface area contributed by atoms with Crippen LogP contribution in [0.3, 0.4) is 0 Å². The Hall–Kier alpha value is -1.43. The van der Waals surface area contributed by atoms with Crippen molar-refractivity contribution in [2.45, 2.75) is 12.8 Å². The summed E-state index contributed by atoms with van der Waals surface area (Å²) in [6.45, 7) is 1.58. The molecule has 0 bridgehead atoms. The molecule has 100 valence electrons. The molecule has 0 spiro atoms. The van der Waals surface area contributed by atoms with Crippen LogP contribution in [0.2, 0.25) is 0 Å². The van der Waals surface area contributed by atoms with E-state index in [-0.39, 0.29) is 0 Å². The van der Waals surface area contributed by atoms with Crippen LogP contribution in [0.4, 0.5) is 0 Å². The Labute approximate surface area is 114 Å². The molecule has 0 amide bonds. The van der Waals surface area contributed by atoms with Crippen LogP contribution in [-0.4, -0.2) is 32.4 Å². The van der Waals surface area contributed by atoms with E-state index in [0.717, 1.165) is 0 Å². The van der Waals surface area contributed by atoms with Crippen LogP contribution in [0.25, 0.3) is 0 Å². The minimum atomic E-state index is -0.943. The molecular formula is C12H15BrO5. The van der Waals surface area contributed by atoms with E-state index in [2.05, 4.69) is 15.9 Å². The van der Waals surface area contributed by atoms with Gasteiger partial charge in [-0.15, -0.1) is 0 Å². The zero-order chi connectivity index (χ0) is 13.9. The highest BCUT2D eigenvalue weighted by Crippen LogP contribution is 2.45. The van der Waals surface area contributed by atoms with E-state index in [1.807, 2.05) is 0 Å². The Bertz CT molecular complexity index is 458. The highest BCUT2D eigenvalue weighted by atomic mass is 79.9. The van der Waals surface area contributed by atoms with E-state index in [9.17, 15) is 4.79 Å². The number of carboxylic acid groups (broad SMARTS) is 1. The maximum atomic E-state index is 11.1. The first kappa shape index (κ1) is 14.6. The molecule has 1 N–H and O–H groups in total. The average Bonchev–Trinajstić information content (AvgIpc) is 2.36. The minimum Gasteiger partial charge on any atom is -0.496 e. The van der Waals surface area contributed by atoms with E-state index in [1.54, 1.807) is 13.0 Å². The number of hydrogen-bond acceptors (Lipinski definition) is 4. The van der Waals surface area contributed by atoms with Crippen molar-refractivity contribution in [2.24, 2.45) is 0 Å². The summed E-state index contributed by atoms with van der Waals surface area (Å²) in [7, 11) is 4.47. The molecule has 18 heavy (non-hydrogen) atoms. The molecule has 0 aliphatic carbocycles. The smallest absolute Gasteiger partial charge is 0.310 e. The number of carbonyl (C=O) groups is 1. The normalized spacial score (nSPS) is 11.8. The summed E-state index contributed by atoms with van der Waals surface area (Å²) in [5, 5.41) is 9.12. The summed E-state index contributed by atoms with van der Waals surface area (Å²) >= 11 is 3.35. The second-order valence-corrected chi connectivity index (χ2v) is 4.39. The topological polar surface area (TPSA) is 65.0 Å². The number of hydrogen-bond donors (Lipinski definition) is 1. The largest absolute Gasteiger partial charge is 0.496 e. The summed E-state index contributed by atoms with van der Waals surface area (Å²) in [4.78, 5) is 11.1. The molecule has 0 saturated heterocycles. The van der Waals surface area contributed by atoms with Gasteiger partial charge < -0.3 is 19.3 Å². The van der Waals surface area contributed by atoms with Crippen LogP contribution >= 0.6 is 15.9 Å². The van der Waals surface area contributed by atoms with Crippen molar-refractivity contribution in [1.82, 2.24) is 0 Å². The number of benzene rings is 1. The van der Waals surface area contributed by atoms with E-state index in [0.29, 0.717) is 27.3 Å². The molecule has 1 aromatic carbocycles. The first-order chi connectivity index (χ1) is 8.47. The Morgan fingerprint density at radius 1 is 1.22 bits per heavy atom. The summed E-state index contributed by atoms with van der Waals surface area (Å²) < 4.78 is 16.1. The third-order valence-electron chi connectivity index (χ3n) is 2.63. The molecule has 0 radical (unpaired) electrons. The Balaban J connectivity index is 3.53. The van der Waals surface area contributed by atoms with Crippen LogP contribution in [0.15, 0.2) is 10.5 Å². The van der Waals surface area contributed by atoms with Crippen molar-refractivity contribution in [3.8, 4) is 17.2 Å². The molecule has 1 unspecified atom stereocenters. The van der Waals surface area contributed by atoms with Crippen LogP contribution in [0.1, 0.15) is 18.4 Å². The van der Waals surface area contributed by atoms with Gasteiger partial charge in [0.1, 0.15) is 5.75 Å². The lowest BCUT2D eigenvalue weighted by Gasteiger charge is -2.19. The second kappa shape index (κ2) is 5.95. The SMILES string of the molecule is COc1cc(OC)c(C(C)C(=O)O)c(Br)c1OC. The fourth-order valence-corrected chi connectivity index (χ4v) is 2.53. The number of carboxylic acids is 1. The van der Waals surface area contributed by atoms with Crippen LogP contribution < -0.4 is 14.2 Å². The van der Waals surface area contributed by atoms with Crippen molar-refractivity contribution in [3.63, 3.8) is 0 Å². The number of halogens is 1. The standard InChI is InChI=1S/C12H15BrO5/c1-6(12(14)15)9-7(16-2)5-8(17-3)11(18-4)10(9)13/h5-6H,1-4H3,(H,14,15). The van der Waals surface area contributed by atoms with E-state index < -0.39 is 11.9 Å². The maximum Gasteiger partial charge on any atom is 0.310 e. The quantitative estimate of drug-likeness (QED) is 0.904. The molecule has 1 rings (SSSR count). The molecule has 0 fully saturated rings. The molecular weight excluding hydrogens is 304 g/mol. The van der Waals surface area contributed by atoms with Gasteiger partial charge in [-0.1, -0.05) is 0 Å². The van der Waals surface area contributed by atoms with Crippen LogP contribution in [0, 0.1) is 0 Å². The lowest BCUT2D eigenvalue weighted by atomic mass is 9.99. The van der Waals surface area contributed by atoms with Crippen molar-refractivity contribution < 1.29 is 24.1 Å². The molecule has 1 atom stereocenters. The van der Waals surface area contributed by atoms with Gasteiger partial charge in [-0.3, -0.25) is 4.79 Å². The molecule has 0 heterocycles. The van der Waals surface area contributed by atoms with Gasteiger partial charge in [0.15, 0.2) is 11.5 Å². The van der Waals surface area contributed by atoms with Crippen LogP contribution in [0.5, 0.6) is 17.2 Å². The summed E-state index contributed by atoms with van der Waals surface area (Å²) in [6.07, 6.45) is 0. The lowest BCUT2D eigenvalue weighted by Crippen LogP contribution is -2.10. The number of rotatable bonds is 5. The molecule has 0 aliphatic heterocycles. The van der Waals surface area contributed by atoms with Gasteiger partial charge in [-0.2, -0.15) is 0 Å². The minimum absolute atomic E-state index is 0.439. The highest BCUT2D eigenvalue weighted by molar-refractivity contribution is 9.10. The monoisotopic (exact) mass is 318 g/mol. The molecule has 0 aromatic heterocycles. The second-order valence-electron chi connectivity index (χ2n) is 3.60. The average molecular weight is 319 g/mol. The first-order valence-corrected chi connectivity index (χ1v) is 5.98. The number of methoxy groups -OCH3 is 3. The Morgan fingerprint density at radius 2 is 1.78 bits per heavy atom. The molecule has 1 aromatic rings. The summed E-state index contributed by atoms with van der Waals surface area (Å²) in [5.41, 5.74) is 0.516. The zero-order valence-corrected chi connectivity index (χ0v) is 12.2. The van der Waals surface area contributed by atoms with Crippen molar-refractivity contribution in [2.75, 3.05) is 21.3 Å². The van der Waals surface area contributed by atoms with Gasteiger partial charge in [0.25, 0.3) is 0 Å². The Morgan fingerprint density at radius 3 is 2.17 bits per heavy atom. The number of ether oxygens (including phenoxy) is 3. The number of aliphatic carboxylic acids is 1. The molecule has 0 aliphatic rings. The Kier molecular flexibility index (Phi) is 4.84. The fraction of sp³-hybridized carbons (Fsp3) is 0.417. The lowest BCUT2D eigenvalue weighted by molar-refractivity contribution is -0.138.